The molecule has 0 saturated heterocycles. The van der Waals surface area contributed by atoms with Gasteiger partial charge in [0.1, 0.15) is 6.04 Å². The molecule has 1 unspecified atom stereocenters. The molecule has 0 bridgehead atoms. The van der Waals surface area contributed by atoms with E-state index in [0.29, 0.717) is 5.95 Å². The molecule has 108 valence electrons. The monoisotopic (exact) mass is 275 g/mol. The highest BCUT2D eigenvalue weighted by atomic mass is 16.2. The number of anilines is 1. The second-order valence-corrected chi connectivity index (χ2v) is 6.00. The highest BCUT2D eigenvalue weighted by molar-refractivity contribution is 5.84. The molecule has 2 aromatic rings. The van der Waals surface area contributed by atoms with Crippen molar-refractivity contribution < 1.29 is 4.79 Å². The molecule has 0 aromatic carbocycles. The first kappa shape index (κ1) is 14.3. The average molecular weight is 275 g/mol. The summed E-state index contributed by atoms with van der Waals surface area (Å²) in [7, 11) is 0. The van der Waals surface area contributed by atoms with Gasteiger partial charge in [0.15, 0.2) is 5.65 Å². The van der Waals surface area contributed by atoms with Crippen molar-refractivity contribution in [2.24, 2.45) is 0 Å². The van der Waals surface area contributed by atoms with Gasteiger partial charge in [0.2, 0.25) is 11.9 Å². The van der Waals surface area contributed by atoms with E-state index in [2.05, 4.69) is 20.7 Å². The largest absolute Gasteiger partial charge is 0.350 e. The highest BCUT2D eigenvalue weighted by Gasteiger charge is 2.20. The first-order valence-electron chi connectivity index (χ1n) is 6.67. The Hall–Kier alpha value is -2.11. The summed E-state index contributed by atoms with van der Waals surface area (Å²) in [5.74, 6) is 0.379. The van der Waals surface area contributed by atoms with Gasteiger partial charge in [-0.2, -0.15) is 4.98 Å². The Kier molecular flexibility index (Phi) is 3.65. The molecule has 2 aromatic heterocycles. The smallest absolute Gasteiger partial charge is 0.243 e. The highest BCUT2D eigenvalue weighted by Crippen LogP contribution is 2.10. The van der Waals surface area contributed by atoms with E-state index in [-0.39, 0.29) is 11.4 Å². The van der Waals surface area contributed by atoms with E-state index in [0.717, 1.165) is 11.2 Å². The average Bonchev–Trinajstić information content (AvgIpc) is 2.70. The second-order valence-electron chi connectivity index (χ2n) is 6.00. The van der Waals surface area contributed by atoms with Gasteiger partial charge < -0.3 is 10.6 Å². The van der Waals surface area contributed by atoms with Crippen LogP contribution in [0, 0.1) is 6.92 Å². The van der Waals surface area contributed by atoms with E-state index in [1.54, 1.807) is 11.4 Å². The predicted octanol–water partition coefficient (Wildman–Crippen LogP) is 1.75. The minimum atomic E-state index is -0.396. The van der Waals surface area contributed by atoms with Gasteiger partial charge in [-0.25, -0.2) is 4.52 Å². The van der Waals surface area contributed by atoms with Gasteiger partial charge in [0, 0.05) is 11.7 Å². The summed E-state index contributed by atoms with van der Waals surface area (Å²) >= 11 is 0. The molecule has 1 amide bonds. The third-order valence-corrected chi connectivity index (χ3v) is 2.79. The molecule has 1 atom stereocenters. The molecule has 6 nitrogen and oxygen atoms in total. The molecule has 2 heterocycles. The number of rotatable bonds is 3. The third kappa shape index (κ3) is 3.26. The summed E-state index contributed by atoms with van der Waals surface area (Å²) in [4.78, 5) is 16.4. The van der Waals surface area contributed by atoms with Crippen LogP contribution in [0.1, 0.15) is 33.3 Å². The molecule has 0 radical (unpaired) electrons. The minimum Gasteiger partial charge on any atom is -0.350 e. The van der Waals surface area contributed by atoms with Crippen LogP contribution in [0.3, 0.4) is 0 Å². The number of nitrogens with zero attached hydrogens (tertiary/aromatic N) is 3. The molecular weight excluding hydrogens is 254 g/mol. The molecule has 20 heavy (non-hydrogen) atoms. The van der Waals surface area contributed by atoms with E-state index in [9.17, 15) is 4.79 Å². The van der Waals surface area contributed by atoms with Gasteiger partial charge in [-0.3, -0.25) is 4.79 Å². The van der Waals surface area contributed by atoms with Crippen molar-refractivity contribution in [2.45, 2.75) is 46.2 Å². The number of hydrogen-bond acceptors (Lipinski definition) is 4. The third-order valence-electron chi connectivity index (χ3n) is 2.79. The number of aryl methyl sites for hydroxylation is 1. The van der Waals surface area contributed by atoms with E-state index in [4.69, 9.17) is 0 Å². The Bertz CT molecular complexity index is 626. The van der Waals surface area contributed by atoms with Gasteiger partial charge >= 0.3 is 0 Å². The van der Waals surface area contributed by atoms with Crippen molar-refractivity contribution in [1.29, 1.82) is 0 Å². The van der Waals surface area contributed by atoms with Crippen LogP contribution in [0.2, 0.25) is 0 Å². The van der Waals surface area contributed by atoms with Crippen LogP contribution in [0.4, 0.5) is 5.95 Å². The molecule has 2 N–H and O–H groups in total. The van der Waals surface area contributed by atoms with Gasteiger partial charge in [-0.1, -0.05) is 6.07 Å². The maximum absolute atomic E-state index is 12.0. The lowest BCUT2D eigenvalue weighted by atomic mass is 10.1. The first-order valence-corrected chi connectivity index (χ1v) is 6.67. The van der Waals surface area contributed by atoms with Crippen LogP contribution in [0.5, 0.6) is 0 Å². The number of carbonyl (C=O) groups excluding carboxylic acids is 1. The maximum Gasteiger partial charge on any atom is 0.243 e. The fraction of sp³-hybridized carbons (Fsp3) is 0.500. The molecule has 0 aliphatic carbocycles. The van der Waals surface area contributed by atoms with Crippen LogP contribution >= 0.6 is 0 Å². The Morgan fingerprint density at radius 2 is 2.10 bits per heavy atom. The number of hydrogen-bond donors (Lipinski definition) is 2. The summed E-state index contributed by atoms with van der Waals surface area (Å²) in [5, 5.41) is 10.3. The number of fused-ring (bicyclic) bond motifs is 1. The van der Waals surface area contributed by atoms with Crippen LogP contribution in [0.15, 0.2) is 18.3 Å². The first-order chi connectivity index (χ1) is 9.26. The van der Waals surface area contributed by atoms with Crippen molar-refractivity contribution in [2.75, 3.05) is 5.32 Å². The number of carbonyl (C=O) groups is 1. The molecule has 6 heteroatoms. The van der Waals surface area contributed by atoms with Crippen molar-refractivity contribution in [3.63, 3.8) is 0 Å². The molecule has 0 spiro atoms. The standard InChI is InChI=1S/C14H21N5O/c1-9-7-6-8-19-11(9)16-13(18-19)15-10(2)12(20)17-14(3,4)5/h6-8,10H,1-5H3,(H,15,18)(H,17,20). The quantitative estimate of drug-likeness (QED) is 0.895. The predicted molar refractivity (Wildman–Crippen MR) is 78.7 cm³/mol. The number of amides is 1. The van der Waals surface area contributed by atoms with E-state index in [1.807, 2.05) is 46.0 Å². The van der Waals surface area contributed by atoms with Gasteiger partial charge in [-0.15, -0.1) is 5.10 Å². The Morgan fingerprint density at radius 3 is 2.70 bits per heavy atom. The molecule has 0 saturated carbocycles. The van der Waals surface area contributed by atoms with Crippen molar-refractivity contribution in [3.8, 4) is 0 Å². The molecule has 0 aliphatic heterocycles. The normalized spacial score (nSPS) is 13.2. The van der Waals surface area contributed by atoms with Crippen LogP contribution in [0.25, 0.3) is 5.65 Å². The van der Waals surface area contributed by atoms with Crippen molar-refractivity contribution in [1.82, 2.24) is 19.9 Å². The SMILES string of the molecule is Cc1cccn2nc(NC(C)C(=O)NC(C)(C)C)nc12. The Morgan fingerprint density at radius 1 is 1.40 bits per heavy atom. The van der Waals surface area contributed by atoms with E-state index in [1.165, 1.54) is 0 Å². The fourth-order valence-electron chi connectivity index (χ4n) is 1.84. The van der Waals surface area contributed by atoms with E-state index < -0.39 is 6.04 Å². The molecule has 0 aliphatic rings. The summed E-state index contributed by atoms with van der Waals surface area (Å²) in [6.45, 7) is 9.61. The summed E-state index contributed by atoms with van der Waals surface area (Å²) in [6.07, 6.45) is 1.83. The fourth-order valence-corrected chi connectivity index (χ4v) is 1.84. The summed E-state index contributed by atoms with van der Waals surface area (Å²) in [5.41, 5.74) is 1.58. The lowest BCUT2D eigenvalue weighted by Gasteiger charge is -2.23. The Balaban J connectivity index is 2.12. The lowest BCUT2D eigenvalue weighted by Crippen LogP contribution is -2.47. The zero-order valence-corrected chi connectivity index (χ0v) is 12.6. The molecular formula is C14H21N5O. The number of pyridine rings is 1. The van der Waals surface area contributed by atoms with Crippen LogP contribution in [-0.4, -0.2) is 32.1 Å². The minimum absolute atomic E-state index is 0.0759. The topological polar surface area (TPSA) is 71.3 Å². The van der Waals surface area contributed by atoms with Crippen molar-refractivity contribution in [3.05, 3.63) is 23.9 Å². The number of nitrogens with one attached hydrogen (secondary N) is 2. The maximum atomic E-state index is 12.0. The summed E-state index contributed by atoms with van der Waals surface area (Å²) in [6, 6.07) is 3.49. The van der Waals surface area contributed by atoms with Gasteiger partial charge in [0.05, 0.1) is 0 Å². The van der Waals surface area contributed by atoms with Gasteiger partial charge in [-0.05, 0) is 46.2 Å². The van der Waals surface area contributed by atoms with Gasteiger partial charge in [0.25, 0.3) is 0 Å². The lowest BCUT2D eigenvalue weighted by molar-refractivity contribution is -0.122. The van der Waals surface area contributed by atoms with Crippen LogP contribution in [-0.2, 0) is 4.79 Å². The summed E-state index contributed by atoms with van der Waals surface area (Å²) < 4.78 is 1.70. The van der Waals surface area contributed by atoms with Crippen LogP contribution < -0.4 is 10.6 Å². The zero-order chi connectivity index (χ0) is 14.9. The number of aromatic nitrogens is 3. The van der Waals surface area contributed by atoms with E-state index >= 15 is 0 Å². The molecule has 0 fully saturated rings. The van der Waals surface area contributed by atoms with Crippen molar-refractivity contribution >= 4 is 17.5 Å². The zero-order valence-electron chi connectivity index (χ0n) is 12.6. The Labute approximate surface area is 118 Å². The molecule has 2 rings (SSSR count). The second kappa shape index (κ2) is 5.11.